The molecule has 0 saturated heterocycles. The zero-order valence-corrected chi connectivity index (χ0v) is 12.4. The molecule has 1 aromatic heterocycles. The molecule has 0 bridgehead atoms. The summed E-state index contributed by atoms with van der Waals surface area (Å²) >= 11 is 5.95. The lowest BCUT2D eigenvalue weighted by Crippen LogP contribution is -2.24. The summed E-state index contributed by atoms with van der Waals surface area (Å²) in [4.78, 5) is 15.4. The SMILES string of the molecule is Nc1cc(Cl)c(C#CCNC(=O)OCc2ccccc2)cn1. The Kier molecular flexibility index (Phi) is 5.64. The average Bonchev–Trinajstić information content (AvgIpc) is 2.52. The van der Waals surface area contributed by atoms with E-state index < -0.39 is 6.09 Å². The number of amides is 1. The Morgan fingerprint density at radius 1 is 1.36 bits per heavy atom. The van der Waals surface area contributed by atoms with Crippen LogP contribution in [-0.4, -0.2) is 17.6 Å². The van der Waals surface area contributed by atoms with Gasteiger partial charge in [-0.15, -0.1) is 0 Å². The van der Waals surface area contributed by atoms with Gasteiger partial charge >= 0.3 is 6.09 Å². The fourth-order valence-electron chi connectivity index (χ4n) is 1.57. The maximum absolute atomic E-state index is 11.5. The quantitative estimate of drug-likeness (QED) is 0.853. The van der Waals surface area contributed by atoms with Crippen molar-refractivity contribution in [3.8, 4) is 11.8 Å². The molecule has 22 heavy (non-hydrogen) atoms. The zero-order chi connectivity index (χ0) is 15.8. The highest BCUT2D eigenvalue weighted by molar-refractivity contribution is 6.31. The molecule has 1 heterocycles. The van der Waals surface area contributed by atoms with Crippen LogP contribution in [0.1, 0.15) is 11.1 Å². The van der Waals surface area contributed by atoms with Gasteiger partial charge in [-0.05, 0) is 5.56 Å². The minimum atomic E-state index is -0.528. The summed E-state index contributed by atoms with van der Waals surface area (Å²) in [6, 6.07) is 10.9. The van der Waals surface area contributed by atoms with Gasteiger partial charge in [0.1, 0.15) is 12.4 Å². The number of hydrogen-bond acceptors (Lipinski definition) is 4. The monoisotopic (exact) mass is 315 g/mol. The summed E-state index contributed by atoms with van der Waals surface area (Å²) in [5.74, 6) is 5.89. The van der Waals surface area contributed by atoms with Crippen LogP contribution >= 0.6 is 11.6 Å². The molecule has 112 valence electrons. The third kappa shape index (κ3) is 5.00. The Morgan fingerprint density at radius 3 is 2.86 bits per heavy atom. The van der Waals surface area contributed by atoms with Crippen LogP contribution in [-0.2, 0) is 11.3 Å². The van der Waals surface area contributed by atoms with E-state index in [4.69, 9.17) is 22.1 Å². The molecule has 0 aliphatic rings. The van der Waals surface area contributed by atoms with Gasteiger partial charge in [-0.2, -0.15) is 0 Å². The molecule has 2 rings (SSSR count). The first-order valence-electron chi connectivity index (χ1n) is 6.49. The van der Waals surface area contributed by atoms with Crippen molar-refractivity contribution in [2.45, 2.75) is 6.61 Å². The average molecular weight is 316 g/mol. The summed E-state index contributed by atoms with van der Waals surface area (Å²) in [5.41, 5.74) is 6.96. The standard InChI is InChI=1S/C16H14ClN3O2/c17-14-9-15(18)20-10-13(14)7-4-8-19-16(21)22-11-12-5-2-1-3-6-12/h1-3,5-6,9-10H,8,11H2,(H2,18,20)(H,19,21). The molecule has 0 unspecified atom stereocenters. The summed E-state index contributed by atoms with van der Waals surface area (Å²) < 4.78 is 5.05. The number of alkyl carbamates (subject to hydrolysis) is 1. The van der Waals surface area contributed by atoms with E-state index in [0.29, 0.717) is 16.4 Å². The van der Waals surface area contributed by atoms with Crippen LogP contribution in [0.5, 0.6) is 0 Å². The van der Waals surface area contributed by atoms with E-state index in [9.17, 15) is 4.79 Å². The molecular formula is C16H14ClN3O2. The van der Waals surface area contributed by atoms with Crippen molar-refractivity contribution >= 4 is 23.5 Å². The van der Waals surface area contributed by atoms with Crippen LogP contribution < -0.4 is 11.1 Å². The van der Waals surface area contributed by atoms with Gasteiger partial charge < -0.3 is 15.8 Å². The highest BCUT2D eigenvalue weighted by Crippen LogP contribution is 2.15. The van der Waals surface area contributed by atoms with Gasteiger partial charge in [-0.25, -0.2) is 9.78 Å². The summed E-state index contributed by atoms with van der Waals surface area (Å²) in [6.07, 6.45) is 0.956. The van der Waals surface area contributed by atoms with Gasteiger partial charge in [0.2, 0.25) is 0 Å². The molecule has 6 heteroatoms. The van der Waals surface area contributed by atoms with Gasteiger partial charge in [0, 0.05) is 12.3 Å². The topological polar surface area (TPSA) is 77.2 Å². The maximum atomic E-state index is 11.5. The van der Waals surface area contributed by atoms with Crippen LogP contribution in [0, 0.1) is 11.8 Å². The second-order valence-corrected chi connectivity index (χ2v) is 4.71. The van der Waals surface area contributed by atoms with Gasteiger partial charge in [0.15, 0.2) is 0 Å². The minimum absolute atomic E-state index is 0.147. The molecule has 0 radical (unpaired) electrons. The van der Waals surface area contributed by atoms with Crippen molar-refractivity contribution < 1.29 is 9.53 Å². The highest BCUT2D eigenvalue weighted by atomic mass is 35.5. The lowest BCUT2D eigenvalue weighted by atomic mass is 10.2. The lowest BCUT2D eigenvalue weighted by Gasteiger charge is -2.04. The fourth-order valence-corrected chi connectivity index (χ4v) is 1.78. The molecule has 1 amide bonds. The molecule has 0 aliphatic carbocycles. The molecule has 0 aliphatic heterocycles. The van der Waals surface area contributed by atoms with E-state index in [1.54, 1.807) is 0 Å². The number of benzene rings is 1. The number of pyridine rings is 1. The number of nitrogens with one attached hydrogen (secondary N) is 1. The van der Waals surface area contributed by atoms with Crippen molar-refractivity contribution in [3.05, 3.63) is 58.7 Å². The maximum Gasteiger partial charge on any atom is 0.408 e. The number of ether oxygens (including phenoxy) is 1. The number of hydrogen-bond donors (Lipinski definition) is 2. The minimum Gasteiger partial charge on any atom is -0.445 e. The molecule has 2 aromatic rings. The molecule has 5 nitrogen and oxygen atoms in total. The second-order valence-electron chi connectivity index (χ2n) is 4.31. The lowest BCUT2D eigenvalue weighted by molar-refractivity contribution is 0.141. The normalized spacial score (nSPS) is 9.50. The van der Waals surface area contributed by atoms with Crippen molar-refractivity contribution in [2.24, 2.45) is 0 Å². The van der Waals surface area contributed by atoms with E-state index in [2.05, 4.69) is 22.1 Å². The fraction of sp³-hybridized carbons (Fsp3) is 0.125. The number of carbonyl (C=O) groups is 1. The van der Waals surface area contributed by atoms with E-state index in [-0.39, 0.29) is 13.2 Å². The van der Waals surface area contributed by atoms with E-state index in [1.165, 1.54) is 12.3 Å². The summed E-state index contributed by atoms with van der Waals surface area (Å²) in [7, 11) is 0. The van der Waals surface area contributed by atoms with Gasteiger partial charge in [0.05, 0.1) is 17.1 Å². The third-order valence-corrected chi connectivity index (χ3v) is 2.94. The first-order chi connectivity index (χ1) is 10.6. The van der Waals surface area contributed by atoms with Crippen molar-refractivity contribution in [1.82, 2.24) is 10.3 Å². The summed E-state index contributed by atoms with van der Waals surface area (Å²) in [5, 5.41) is 2.95. The number of rotatable bonds is 3. The van der Waals surface area contributed by atoms with Crippen LogP contribution in [0.25, 0.3) is 0 Å². The Labute approximate surface area is 133 Å². The molecule has 0 saturated carbocycles. The third-order valence-electron chi connectivity index (χ3n) is 2.63. The molecule has 0 atom stereocenters. The number of nitrogen functional groups attached to an aromatic ring is 1. The van der Waals surface area contributed by atoms with Crippen LogP contribution in [0.15, 0.2) is 42.6 Å². The van der Waals surface area contributed by atoms with E-state index in [0.717, 1.165) is 5.56 Å². The smallest absolute Gasteiger partial charge is 0.408 e. The first-order valence-corrected chi connectivity index (χ1v) is 6.87. The predicted molar refractivity (Wildman–Crippen MR) is 85.2 cm³/mol. The predicted octanol–water partition coefficient (Wildman–Crippen LogP) is 2.60. The zero-order valence-electron chi connectivity index (χ0n) is 11.7. The van der Waals surface area contributed by atoms with Gasteiger partial charge in [-0.3, -0.25) is 0 Å². The Bertz CT molecular complexity index is 708. The number of aromatic nitrogens is 1. The van der Waals surface area contributed by atoms with E-state index >= 15 is 0 Å². The second kappa shape index (κ2) is 7.91. The highest BCUT2D eigenvalue weighted by Gasteiger charge is 2.01. The van der Waals surface area contributed by atoms with Crippen LogP contribution in [0.4, 0.5) is 10.6 Å². The Hall–Kier alpha value is -2.71. The number of nitrogens with zero attached hydrogens (tertiary/aromatic N) is 1. The van der Waals surface area contributed by atoms with Crippen molar-refractivity contribution in [1.29, 1.82) is 0 Å². The molecule has 0 spiro atoms. The molecular weight excluding hydrogens is 302 g/mol. The number of nitrogens with two attached hydrogens (primary N) is 1. The number of halogens is 1. The van der Waals surface area contributed by atoms with Crippen molar-refractivity contribution in [2.75, 3.05) is 12.3 Å². The van der Waals surface area contributed by atoms with Gasteiger partial charge in [0.25, 0.3) is 0 Å². The molecule has 0 fully saturated rings. The van der Waals surface area contributed by atoms with Crippen molar-refractivity contribution in [3.63, 3.8) is 0 Å². The Balaban J connectivity index is 1.76. The molecule has 1 aromatic carbocycles. The Morgan fingerprint density at radius 2 is 2.14 bits per heavy atom. The number of anilines is 1. The first kappa shape index (κ1) is 15.7. The summed E-state index contributed by atoms with van der Waals surface area (Å²) in [6.45, 7) is 0.363. The largest absolute Gasteiger partial charge is 0.445 e. The number of carbonyl (C=O) groups excluding carboxylic acids is 1. The molecule has 3 N–H and O–H groups in total. The van der Waals surface area contributed by atoms with Crippen LogP contribution in [0.3, 0.4) is 0 Å². The van der Waals surface area contributed by atoms with Crippen LogP contribution in [0.2, 0.25) is 5.02 Å². The van der Waals surface area contributed by atoms with Gasteiger partial charge in [-0.1, -0.05) is 53.8 Å². The van der Waals surface area contributed by atoms with E-state index in [1.807, 2.05) is 30.3 Å².